The molecule has 246 valence electrons. The van der Waals surface area contributed by atoms with Crippen molar-refractivity contribution in [3.63, 3.8) is 0 Å². The number of aromatic amines is 1. The van der Waals surface area contributed by atoms with Crippen LogP contribution in [0.15, 0.2) is 70.3 Å². The normalized spacial score (nSPS) is 14.2. The van der Waals surface area contributed by atoms with E-state index in [2.05, 4.69) is 48.1 Å². The summed E-state index contributed by atoms with van der Waals surface area (Å²) in [5.74, 6) is 1.27. The fraction of sp³-hybridized carbons (Fsp3) is 0.342. The Hall–Kier alpha value is -4.89. The molecule has 0 spiro atoms. The highest BCUT2D eigenvalue weighted by atomic mass is 16.5. The number of H-pyrrole nitrogens is 1. The van der Waals surface area contributed by atoms with Gasteiger partial charge in [-0.2, -0.15) is 0 Å². The van der Waals surface area contributed by atoms with Gasteiger partial charge < -0.3 is 24.3 Å². The van der Waals surface area contributed by atoms with Crippen molar-refractivity contribution in [2.24, 2.45) is 12.5 Å². The van der Waals surface area contributed by atoms with Crippen LogP contribution in [0.3, 0.4) is 0 Å². The Balaban J connectivity index is 1.22. The summed E-state index contributed by atoms with van der Waals surface area (Å²) < 4.78 is 12.3. The first-order chi connectivity index (χ1) is 22.4. The van der Waals surface area contributed by atoms with Crippen molar-refractivity contribution in [3.8, 4) is 11.5 Å². The lowest BCUT2D eigenvalue weighted by molar-refractivity contribution is 0.102. The Labute approximate surface area is 275 Å². The SMILES string of the molecule is COc1cc2c(cc1OC)CN(CCc1ccc(NC(=O)c3cccc(/C=c4\[nH]c(=O)/c(=C/CC(C)(C)C)n(C)c4=O)c3)cc1)CC2. The molecule has 0 saturated heterocycles. The Bertz CT molecular complexity index is 2000. The summed E-state index contributed by atoms with van der Waals surface area (Å²) in [7, 11) is 4.92. The number of benzene rings is 3. The van der Waals surface area contributed by atoms with Crippen molar-refractivity contribution in [3.05, 3.63) is 120 Å². The summed E-state index contributed by atoms with van der Waals surface area (Å²) in [6.07, 6.45) is 5.92. The summed E-state index contributed by atoms with van der Waals surface area (Å²) in [5.41, 5.74) is 4.88. The summed E-state index contributed by atoms with van der Waals surface area (Å²) >= 11 is 0. The van der Waals surface area contributed by atoms with Gasteiger partial charge in [0.1, 0.15) is 10.7 Å². The predicted molar refractivity (Wildman–Crippen MR) is 187 cm³/mol. The number of amides is 1. The molecule has 2 heterocycles. The quantitative estimate of drug-likeness (QED) is 0.288. The Morgan fingerprint density at radius 2 is 1.68 bits per heavy atom. The zero-order chi connectivity index (χ0) is 33.7. The molecule has 0 bridgehead atoms. The van der Waals surface area contributed by atoms with E-state index in [-0.39, 0.29) is 27.8 Å². The second kappa shape index (κ2) is 14.3. The molecular formula is C38H44N4O5. The van der Waals surface area contributed by atoms with E-state index in [1.807, 2.05) is 24.3 Å². The number of hydrogen-bond donors (Lipinski definition) is 2. The maximum atomic E-state index is 13.1. The maximum absolute atomic E-state index is 13.1. The van der Waals surface area contributed by atoms with Gasteiger partial charge in [-0.1, -0.05) is 51.1 Å². The second-order valence-corrected chi connectivity index (χ2v) is 13.3. The van der Waals surface area contributed by atoms with Crippen LogP contribution in [0.2, 0.25) is 0 Å². The van der Waals surface area contributed by atoms with Crippen LogP contribution in [-0.2, 0) is 26.4 Å². The summed E-state index contributed by atoms with van der Waals surface area (Å²) in [4.78, 5) is 44.1. The summed E-state index contributed by atoms with van der Waals surface area (Å²) in [6.45, 7) is 9.00. The number of ether oxygens (including phenoxy) is 2. The molecule has 0 aliphatic carbocycles. The number of nitrogens with zero attached hydrogens (tertiary/aromatic N) is 2. The van der Waals surface area contributed by atoms with Crippen molar-refractivity contribution < 1.29 is 14.3 Å². The standard InChI is InChI=1S/C38H44N4O5/c1-38(2,3)17-14-32-36(44)40-31(37(45)41(32)4)21-26-8-7-9-28(20-26)35(43)39-30-12-10-25(11-13-30)15-18-42-19-16-27-22-33(46-5)34(47-6)23-29(27)24-42/h7-14,20-23H,15-19,24H2,1-6H3,(H,39,43)(H,40,44)/b31-21-,32-14-. The molecule has 1 aliphatic rings. The minimum atomic E-state index is -0.331. The number of anilines is 1. The molecule has 0 atom stereocenters. The minimum Gasteiger partial charge on any atom is -0.493 e. The molecule has 47 heavy (non-hydrogen) atoms. The fourth-order valence-corrected chi connectivity index (χ4v) is 5.73. The lowest BCUT2D eigenvalue weighted by Crippen LogP contribution is -2.52. The molecule has 5 rings (SSSR count). The van der Waals surface area contributed by atoms with Crippen molar-refractivity contribution in [2.75, 3.05) is 32.6 Å². The van der Waals surface area contributed by atoms with Crippen LogP contribution in [0, 0.1) is 5.41 Å². The highest BCUT2D eigenvalue weighted by Crippen LogP contribution is 2.33. The molecule has 1 aromatic heterocycles. The lowest BCUT2D eigenvalue weighted by atomic mass is 9.92. The number of rotatable bonds is 9. The van der Waals surface area contributed by atoms with E-state index in [4.69, 9.17) is 9.47 Å². The third-order valence-corrected chi connectivity index (χ3v) is 8.47. The van der Waals surface area contributed by atoms with Crippen LogP contribution in [0.5, 0.6) is 11.5 Å². The van der Waals surface area contributed by atoms with E-state index in [1.165, 1.54) is 21.3 Å². The van der Waals surface area contributed by atoms with Gasteiger partial charge in [0.15, 0.2) is 11.5 Å². The van der Waals surface area contributed by atoms with Crippen LogP contribution in [-0.4, -0.2) is 47.7 Å². The highest BCUT2D eigenvalue weighted by Gasteiger charge is 2.19. The van der Waals surface area contributed by atoms with E-state index < -0.39 is 0 Å². The second-order valence-electron chi connectivity index (χ2n) is 13.3. The predicted octanol–water partition coefficient (Wildman–Crippen LogP) is 3.99. The molecule has 0 unspecified atom stereocenters. The van der Waals surface area contributed by atoms with Crippen LogP contribution >= 0.6 is 0 Å². The minimum absolute atomic E-state index is 0.0107. The van der Waals surface area contributed by atoms with Crippen molar-refractivity contribution in [1.29, 1.82) is 0 Å². The number of aromatic nitrogens is 2. The zero-order valence-corrected chi connectivity index (χ0v) is 28.1. The molecule has 4 aromatic rings. The largest absolute Gasteiger partial charge is 0.493 e. The zero-order valence-electron chi connectivity index (χ0n) is 28.1. The smallest absolute Gasteiger partial charge is 0.274 e. The molecule has 0 fully saturated rings. The van der Waals surface area contributed by atoms with Crippen LogP contribution in [0.1, 0.15) is 59.8 Å². The van der Waals surface area contributed by atoms with Crippen LogP contribution in [0.25, 0.3) is 12.2 Å². The first-order valence-corrected chi connectivity index (χ1v) is 15.9. The molecule has 1 aliphatic heterocycles. The van der Waals surface area contributed by atoms with Gasteiger partial charge in [0.25, 0.3) is 17.0 Å². The van der Waals surface area contributed by atoms with Gasteiger partial charge in [-0.25, -0.2) is 0 Å². The lowest BCUT2D eigenvalue weighted by Gasteiger charge is -2.29. The van der Waals surface area contributed by atoms with E-state index in [9.17, 15) is 14.4 Å². The monoisotopic (exact) mass is 636 g/mol. The number of nitrogens with one attached hydrogen (secondary N) is 2. The van der Waals surface area contributed by atoms with Crippen molar-refractivity contribution >= 4 is 23.7 Å². The van der Waals surface area contributed by atoms with E-state index in [0.717, 1.165) is 44.0 Å². The number of hydrogen-bond acceptors (Lipinski definition) is 6. The van der Waals surface area contributed by atoms with Crippen LogP contribution in [0.4, 0.5) is 5.69 Å². The number of fused-ring (bicyclic) bond motifs is 1. The maximum Gasteiger partial charge on any atom is 0.274 e. The Kier molecular flexibility index (Phi) is 10.2. The first-order valence-electron chi connectivity index (χ1n) is 15.9. The molecule has 0 saturated carbocycles. The van der Waals surface area contributed by atoms with Gasteiger partial charge in [0.05, 0.1) is 14.2 Å². The topological polar surface area (TPSA) is 106 Å². The van der Waals surface area contributed by atoms with Crippen LogP contribution < -0.4 is 36.6 Å². The molecular weight excluding hydrogens is 592 g/mol. The number of methoxy groups -OCH3 is 2. The molecule has 9 nitrogen and oxygen atoms in total. The van der Waals surface area contributed by atoms with Gasteiger partial charge in [-0.05, 0) is 89.4 Å². The third-order valence-electron chi connectivity index (χ3n) is 8.47. The molecule has 3 aromatic carbocycles. The van der Waals surface area contributed by atoms with E-state index in [1.54, 1.807) is 57.7 Å². The molecule has 1 amide bonds. The van der Waals surface area contributed by atoms with Crippen molar-refractivity contribution in [1.82, 2.24) is 14.5 Å². The van der Waals surface area contributed by atoms with Gasteiger partial charge in [0, 0.05) is 37.9 Å². The summed E-state index contributed by atoms with van der Waals surface area (Å²) in [6, 6.07) is 19.0. The average molecular weight is 637 g/mol. The first kappa shape index (κ1) is 33.5. The van der Waals surface area contributed by atoms with Gasteiger partial charge in [0.2, 0.25) is 0 Å². The third kappa shape index (κ3) is 8.29. The van der Waals surface area contributed by atoms with Crippen molar-refractivity contribution in [2.45, 2.75) is 46.6 Å². The fourth-order valence-electron chi connectivity index (χ4n) is 5.73. The Morgan fingerprint density at radius 3 is 2.36 bits per heavy atom. The van der Waals surface area contributed by atoms with Gasteiger partial charge in [-0.3, -0.25) is 19.3 Å². The Morgan fingerprint density at radius 1 is 0.979 bits per heavy atom. The molecule has 9 heteroatoms. The van der Waals surface area contributed by atoms with E-state index >= 15 is 0 Å². The van der Waals surface area contributed by atoms with E-state index in [0.29, 0.717) is 28.6 Å². The molecule has 2 N–H and O–H groups in total. The average Bonchev–Trinajstić information content (AvgIpc) is 3.05. The highest BCUT2D eigenvalue weighted by molar-refractivity contribution is 6.04. The van der Waals surface area contributed by atoms with Gasteiger partial charge >= 0.3 is 0 Å². The van der Waals surface area contributed by atoms with Gasteiger partial charge in [-0.15, -0.1) is 0 Å². The number of carbonyl (C=O) groups excluding carboxylic acids is 1. The number of carbonyl (C=O) groups is 1. The summed E-state index contributed by atoms with van der Waals surface area (Å²) in [5, 5.41) is 3.46. The molecule has 0 radical (unpaired) electrons.